The third-order valence-electron chi connectivity index (χ3n) is 6.55. The summed E-state index contributed by atoms with van der Waals surface area (Å²) in [5, 5.41) is 3.86. The van der Waals surface area contributed by atoms with Gasteiger partial charge in [0, 0.05) is 42.9 Å². The molecule has 2 aromatic carbocycles. The molecule has 1 amide bonds. The summed E-state index contributed by atoms with van der Waals surface area (Å²) in [6.45, 7) is 2.33. The highest BCUT2D eigenvalue weighted by atomic mass is 35.5. The molecule has 34 heavy (non-hydrogen) atoms. The van der Waals surface area contributed by atoms with Crippen LogP contribution in [0.5, 0.6) is 5.75 Å². The van der Waals surface area contributed by atoms with Gasteiger partial charge in [-0.25, -0.2) is 4.39 Å². The molecule has 2 aliphatic rings. The Bertz CT molecular complexity index is 927. The van der Waals surface area contributed by atoms with Gasteiger partial charge in [-0.05, 0) is 56.3 Å². The number of likely N-dealkylation sites (N-methyl/N-ethyl adjacent to an activating group) is 1. The predicted octanol–water partition coefficient (Wildman–Crippen LogP) is 4.51. The van der Waals surface area contributed by atoms with E-state index < -0.39 is 5.79 Å². The van der Waals surface area contributed by atoms with Gasteiger partial charge < -0.3 is 24.4 Å². The van der Waals surface area contributed by atoms with Crippen LogP contribution in [0.3, 0.4) is 0 Å². The van der Waals surface area contributed by atoms with Crippen molar-refractivity contribution in [3.05, 3.63) is 64.9 Å². The second kappa shape index (κ2) is 11.5. The van der Waals surface area contributed by atoms with E-state index >= 15 is 0 Å². The molecule has 2 heterocycles. The summed E-state index contributed by atoms with van der Waals surface area (Å²) in [5.74, 6) is -0.253. The molecular weight excluding hydrogens is 459 g/mol. The van der Waals surface area contributed by atoms with Gasteiger partial charge in [0.25, 0.3) is 0 Å². The Morgan fingerprint density at radius 3 is 2.41 bits per heavy atom. The van der Waals surface area contributed by atoms with Gasteiger partial charge in [-0.1, -0.05) is 23.7 Å². The molecule has 6 nitrogen and oxygen atoms in total. The van der Waals surface area contributed by atoms with Gasteiger partial charge >= 0.3 is 0 Å². The van der Waals surface area contributed by atoms with E-state index in [4.69, 9.17) is 25.8 Å². The molecule has 8 heteroatoms. The van der Waals surface area contributed by atoms with Crippen LogP contribution in [0, 0.1) is 5.82 Å². The lowest BCUT2D eigenvalue weighted by Gasteiger charge is -2.34. The van der Waals surface area contributed by atoms with Crippen LogP contribution in [0.25, 0.3) is 0 Å². The number of halogens is 2. The molecule has 2 fully saturated rings. The van der Waals surface area contributed by atoms with Crippen molar-refractivity contribution < 1.29 is 23.4 Å². The summed E-state index contributed by atoms with van der Waals surface area (Å²) < 4.78 is 31.3. The number of carbonyl (C=O) groups is 1. The minimum Gasteiger partial charge on any atom is -0.490 e. The van der Waals surface area contributed by atoms with Gasteiger partial charge in [0.15, 0.2) is 5.79 Å². The highest BCUT2D eigenvalue weighted by Gasteiger charge is 2.38. The van der Waals surface area contributed by atoms with Crippen LogP contribution in [0.4, 0.5) is 4.39 Å². The monoisotopic (exact) mass is 490 g/mol. The fourth-order valence-electron chi connectivity index (χ4n) is 4.66. The van der Waals surface area contributed by atoms with Crippen LogP contribution < -0.4 is 10.1 Å². The maximum absolute atomic E-state index is 13.4. The van der Waals surface area contributed by atoms with E-state index in [0.717, 1.165) is 30.6 Å². The number of amides is 1. The van der Waals surface area contributed by atoms with E-state index in [-0.39, 0.29) is 23.9 Å². The fraction of sp³-hybridized carbons (Fsp3) is 0.500. The molecule has 1 N–H and O–H groups in total. The number of likely N-dealkylation sites (tertiary alicyclic amines) is 1. The van der Waals surface area contributed by atoms with Crippen LogP contribution in [-0.2, 0) is 20.1 Å². The Morgan fingerprint density at radius 1 is 1.15 bits per heavy atom. The van der Waals surface area contributed by atoms with Crippen LogP contribution in [0.15, 0.2) is 48.5 Å². The van der Waals surface area contributed by atoms with E-state index in [0.29, 0.717) is 44.2 Å². The number of hydrogen-bond donors (Lipinski definition) is 1. The Balaban J connectivity index is 1.26. The molecule has 184 valence electrons. The highest BCUT2D eigenvalue weighted by molar-refractivity contribution is 6.30. The first-order valence-corrected chi connectivity index (χ1v) is 12.3. The van der Waals surface area contributed by atoms with Gasteiger partial charge in [0.2, 0.25) is 5.91 Å². The summed E-state index contributed by atoms with van der Waals surface area (Å²) in [5.41, 5.74) is 0.807. The van der Waals surface area contributed by atoms with Crippen molar-refractivity contribution in [2.75, 3.05) is 33.4 Å². The zero-order valence-corrected chi connectivity index (χ0v) is 20.2. The van der Waals surface area contributed by atoms with Crippen molar-refractivity contribution in [3.63, 3.8) is 0 Å². The Labute approximate surface area is 205 Å². The molecule has 0 aliphatic carbocycles. The molecule has 4 rings (SSSR count). The Kier molecular flexibility index (Phi) is 8.42. The van der Waals surface area contributed by atoms with E-state index in [1.807, 2.05) is 36.2 Å². The lowest BCUT2D eigenvalue weighted by atomic mass is 9.97. The fourth-order valence-corrected chi connectivity index (χ4v) is 4.79. The smallest absolute Gasteiger partial charge is 0.239 e. The molecule has 2 saturated heterocycles. The second-order valence-corrected chi connectivity index (χ2v) is 9.22. The maximum atomic E-state index is 13.4. The average molecular weight is 491 g/mol. The Morgan fingerprint density at radius 2 is 1.79 bits per heavy atom. The maximum Gasteiger partial charge on any atom is 0.239 e. The van der Waals surface area contributed by atoms with Crippen molar-refractivity contribution in [3.8, 4) is 5.75 Å². The number of hydrogen-bond acceptors (Lipinski definition) is 5. The number of ether oxygens (including phenoxy) is 3. The summed E-state index contributed by atoms with van der Waals surface area (Å²) in [6.07, 6.45) is 3.66. The number of benzene rings is 2. The van der Waals surface area contributed by atoms with E-state index in [1.54, 1.807) is 12.1 Å². The average Bonchev–Trinajstić information content (AvgIpc) is 3.34. The molecule has 0 radical (unpaired) electrons. The minimum atomic E-state index is -0.869. The third-order valence-corrected chi connectivity index (χ3v) is 6.81. The molecule has 0 spiro atoms. The summed E-state index contributed by atoms with van der Waals surface area (Å²) in [4.78, 5) is 15.1. The van der Waals surface area contributed by atoms with Crippen molar-refractivity contribution in [2.45, 2.75) is 50.0 Å². The number of nitrogens with one attached hydrogen (secondary N) is 1. The van der Waals surface area contributed by atoms with Gasteiger partial charge in [0.05, 0.1) is 19.3 Å². The standard InChI is InChI=1S/C26H32ClFN2O4/c1-29-24(3-2-14-26(32-17-18-33-26)19-4-8-21(28)9-5-19)25(31)30-15-12-23(13-16-30)34-22-10-6-20(27)7-11-22/h4-11,23-24,29H,2-3,12-18H2,1H3. The molecule has 0 saturated carbocycles. The van der Waals surface area contributed by atoms with Gasteiger partial charge in [-0.15, -0.1) is 0 Å². The first-order chi connectivity index (χ1) is 16.5. The van der Waals surface area contributed by atoms with Gasteiger partial charge in [0.1, 0.15) is 17.7 Å². The number of rotatable bonds is 9. The number of piperidine rings is 1. The van der Waals surface area contributed by atoms with Gasteiger partial charge in [-0.3, -0.25) is 4.79 Å². The van der Waals surface area contributed by atoms with E-state index in [2.05, 4.69) is 5.32 Å². The zero-order chi connectivity index (χ0) is 24.0. The quantitative estimate of drug-likeness (QED) is 0.560. The van der Waals surface area contributed by atoms with Crippen LogP contribution in [-0.4, -0.2) is 56.3 Å². The summed E-state index contributed by atoms with van der Waals surface area (Å²) >= 11 is 5.94. The third kappa shape index (κ3) is 6.08. The molecule has 1 unspecified atom stereocenters. The molecule has 0 bridgehead atoms. The molecule has 2 aromatic rings. The van der Waals surface area contributed by atoms with Crippen molar-refractivity contribution in [1.29, 1.82) is 0 Å². The first-order valence-electron chi connectivity index (χ1n) is 11.9. The zero-order valence-electron chi connectivity index (χ0n) is 19.5. The van der Waals surface area contributed by atoms with Gasteiger partial charge in [-0.2, -0.15) is 0 Å². The number of nitrogens with zero attached hydrogens (tertiary/aromatic N) is 1. The van der Waals surface area contributed by atoms with E-state index in [1.165, 1.54) is 12.1 Å². The second-order valence-electron chi connectivity index (χ2n) is 8.79. The van der Waals surface area contributed by atoms with Crippen molar-refractivity contribution in [2.24, 2.45) is 0 Å². The van der Waals surface area contributed by atoms with Crippen LogP contribution in [0.2, 0.25) is 5.02 Å². The Hall–Kier alpha value is -2.19. The molecule has 2 aliphatic heterocycles. The van der Waals surface area contributed by atoms with Crippen LogP contribution >= 0.6 is 11.6 Å². The lowest BCUT2D eigenvalue weighted by Crippen LogP contribution is -2.49. The molecule has 0 aromatic heterocycles. The minimum absolute atomic E-state index is 0.0884. The number of carbonyl (C=O) groups excluding carboxylic acids is 1. The lowest BCUT2D eigenvalue weighted by molar-refractivity contribution is -0.172. The normalized spacial score (nSPS) is 19.2. The first kappa shape index (κ1) is 24.9. The van der Waals surface area contributed by atoms with E-state index in [9.17, 15) is 9.18 Å². The SMILES string of the molecule is CNC(CCCC1(c2ccc(F)cc2)OCCO1)C(=O)N1CCC(Oc2ccc(Cl)cc2)CC1. The topological polar surface area (TPSA) is 60.0 Å². The summed E-state index contributed by atoms with van der Waals surface area (Å²) in [6, 6.07) is 13.3. The molecule has 1 atom stereocenters. The van der Waals surface area contributed by atoms with Crippen LogP contribution in [0.1, 0.15) is 37.7 Å². The van der Waals surface area contributed by atoms with Crippen molar-refractivity contribution >= 4 is 17.5 Å². The largest absolute Gasteiger partial charge is 0.490 e. The predicted molar refractivity (Wildman–Crippen MR) is 128 cm³/mol. The highest BCUT2D eigenvalue weighted by Crippen LogP contribution is 2.36. The summed E-state index contributed by atoms with van der Waals surface area (Å²) in [7, 11) is 1.82. The molecular formula is C26H32ClFN2O4. The van der Waals surface area contributed by atoms with Crippen molar-refractivity contribution in [1.82, 2.24) is 10.2 Å².